The number of ether oxygens (including phenoxy) is 1. The molecule has 2 nitrogen and oxygen atoms in total. The van der Waals surface area contributed by atoms with Gasteiger partial charge < -0.3 is 4.74 Å². The van der Waals surface area contributed by atoms with Crippen LogP contribution in [0, 0.1) is 24.7 Å². The summed E-state index contributed by atoms with van der Waals surface area (Å²) in [5, 5.41) is 0. The van der Waals surface area contributed by atoms with Gasteiger partial charge in [-0.1, -0.05) is 58.8 Å². The minimum absolute atomic E-state index is 0.402. The van der Waals surface area contributed by atoms with Gasteiger partial charge in [0.25, 0.3) is 0 Å². The molecule has 0 amide bonds. The molecule has 0 saturated heterocycles. The van der Waals surface area contributed by atoms with E-state index in [0.29, 0.717) is 6.10 Å². The van der Waals surface area contributed by atoms with Crippen LogP contribution in [-0.2, 0) is 6.42 Å². The number of aryl methyl sites for hydroxylation is 2. The van der Waals surface area contributed by atoms with E-state index in [1.807, 2.05) is 6.20 Å². The van der Waals surface area contributed by atoms with Crippen molar-refractivity contribution < 1.29 is 4.74 Å². The van der Waals surface area contributed by atoms with Crippen LogP contribution < -0.4 is 4.74 Å². The highest BCUT2D eigenvalue weighted by Crippen LogP contribution is 2.41. The van der Waals surface area contributed by atoms with Crippen molar-refractivity contribution in [3.8, 4) is 5.75 Å². The monoisotopic (exact) mass is 399 g/mol. The first-order valence-electron chi connectivity index (χ1n) is 12.8. The minimum Gasteiger partial charge on any atom is -0.489 e. The summed E-state index contributed by atoms with van der Waals surface area (Å²) < 4.78 is 6.36. The highest BCUT2D eigenvalue weighted by Gasteiger charge is 2.31. The molecule has 164 valence electrons. The van der Waals surface area contributed by atoms with Crippen molar-refractivity contribution in [3.05, 3.63) is 23.5 Å². The van der Waals surface area contributed by atoms with Gasteiger partial charge in [-0.05, 0) is 87.7 Å². The molecule has 0 bridgehead atoms. The molecule has 3 rings (SSSR count). The van der Waals surface area contributed by atoms with E-state index >= 15 is 0 Å². The van der Waals surface area contributed by atoms with Gasteiger partial charge in [-0.3, -0.25) is 4.98 Å². The summed E-state index contributed by atoms with van der Waals surface area (Å²) in [6.45, 7) is 6.84. The standard InChI is InChI=1S/C27H45NO/c1-4-6-7-8-9-10-27-21(3)19-26(20-28-27)29-25-17-15-24(16-18-25)23-13-11-22(5-2)12-14-23/h19-20,22-25H,4-18H2,1-3H3. The SMILES string of the molecule is CCCCCCCc1ncc(OC2CCC(C3CCC(CC)CC3)CC2)cc1C. The number of hydrogen-bond donors (Lipinski definition) is 0. The molecule has 2 saturated carbocycles. The highest BCUT2D eigenvalue weighted by atomic mass is 16.5. The van der Waals surface area contributed by atoms with Crippen molar-refractivity contribution >= 4 is 0 Å². The molecule has 2 aliphatic carbocycles. The third kappa shape index (κ3) is 7.00. The summed E-state index contributed by atoms with van der Waals surface area (Å²) in [5.41, 5.74) is 2.57. The second-order valence-electron chi connectivity index (χ2n) is 9.94. The van der Waals surface area contributed by atoms with Gasteiger partial charge >= 0.3 is 0 Å². The topological polar surface area (TPSA) is 22.1 Å². The van der Waals surface area contributed by atoms with Crippen LogP contribution in [0.4, 0.5) is 0 Å². The Kier molecular flexibility index (Phi) is 9.34. The van der Waals surface area contributed by atoms with E-state index in [4.69, 9.17) is 9.72 Å². The fraction of sp³-hybridized carbons (Fsp3) is 0.815. The molecule has 0 aliphatic heterocycles. The molecule has 1 aromatic heterocycles. The number of nitrogens with zero attached hydrogens (tertiary/aromatic N) is 1. The largest absolute Gasteiger partial charge is 0.489 e. The highest BCUT2D eigenvalue weighted by molar-refractivity contribution is 5.28. The lowest BCUT2D eigenvalue weighted by molar-refractivity contribution is 0.0917. The van der Waals surface area contributed by atoms with Crippen LogP contribution in [0.5, 0.6) is 5.75 Å². The molecule has 0 unspecified atom stereocenters. The lowest BCUT2D eigenvalue weighted by atomic mass is 9.70. The molecular weight excluding hydrogens is 354 g/mol. The smallest absolute Gasteiger partial charge is 0.138 e. The van der Waals surface area contributed by atoms with Gasteiger partial charge in [-0.2, -0.15) is 0 Å². The zero-order chi connectivity index (χ0) is 20.5. The van der Waals surface area contributed by atoms with Gasteiger partial charge in [-0.15, -0.1) is 0 Å². The van der Waals surface area contributed by atoms with E-state index in [-0.39, 0.29) is 0 Å². The second-order valence-corrected chi connectivity index (χ2v) is 9.94. The van der Waals surface area contributed by atoms with Crippen molar-refractivity contribution in [2.45, 2.75) is 123 Å². The van der Waals surface area contributed by atoms with Gasteiger partial charge in [0.2, 0.25) is 0 Å². The Morgan fingerprint density at radius 1 is 0.862 bits per heavy atom. The van der Waals surface area contributed by atoms with Crippen molar-refractivity contribution in [1.82, 2.24) is 4.98 Å². The van der Waals surface area contributed by atoms with Crippen LogP contribution >= 0.6 is 0 Å². The second kappa shape index (κ2) is 12.0. The Balaban J connectivity index is 1.39. The Morgan fingerprint density at radius 2 is 1.52 bits per heavy atom. The summed E-state index contributed by atoms with van der Waals surface area (Å²) in [7, 11) is 0. The quantitative estimate of drug-likeness (QED) is 0.371. The predicted octanol–water partition coefficient (Wildman–Crippen LogP) is 8.06. The minimum atomic E-state index is 0.402. The van der Waals surface area contributed by atoms with Gasteiger partial charge in [0, 0.05) is 5.69 Å². The molecule has 0 radical (unpaired) electrons. The Bertz CT molecular complexity index is 582. The zero-order valence-corrected chi connectivity index (χ0v) is 19.4. The first-order valence-corrected chi connectivity index (χ1v) is 12.8. The number of pyridine rings is 1. The third-order valence-corrected chi connectivity index (χ3v) is 7.84. The average Bonchev–Trinajstić information content (AvgIpc) is 2.75. The van der Waals surface area contributed by atoms with Crippen molar-refractivity contribution in [2.75, 3.05) is 0 Å². The molecule has 1 heterocycles. The van der Waals surface area contributed by atoms with Crippen LogP contribution in [0.25, 0.3) is 0 Å². The number of aromatic nitrogens is 1. The van der Waals surface area contributed by atoms with Crippen molar-refractivity contribution in [1.29, 1.82) is 0 Å². The maximum absolute atomic E-state index is 6.36. The molecule has 1 aromatic rings. The molecule has 0 aromatic carbocycles. The van der Waals surface area contributed by atoms with Crippen molar-refractivity contribution in [2.24, 2.45) is 17.8 Å². The Hall–Kier alpha value is -1.05. The van der Waals surface area contributed by atoms with Crippen LogP contribution in [-0.4, -0.2) is 11.1 Å². The fourth-order valence-electron chi connectivity index (χ4n) is 5.74. The molecule has 0 N–H and O–H groups in total. The van der Waals surface area contributed by atoms with Crippen LogP contribution in [0.1, 0.15) is 115 Å². The summed E-state index contributed by atoms with van der Waals surface area (Å²) in [6, 6.07) is 2.23. The summed E-state index contributed by atoms with van der Waals surface area (Å²) >= 11 is 0. The van der Waals surface area contributed by atoms with E-state index in [1.54, 1.807) is 0 Å². The van der Waals surface area contributed by atoms with E-state index in [2.05, 4.69) is 26.8 Å². The van der Waals surface area contributed by atoms with Crippen molar-refractivity contribution in [3.63, 3.8) is 0 Å². The summed E-state index contributed by atoms with van der Waals surface area (Å²) in [5.74, 6) is 3.96. The molecule has 0 spiro atoms. The lowest BCUT2D eigenvalue weighted by Gasteiger charge is -2.37. The van der Waals surface area contributed by atoms with Gasteiger partial charge in [0.15, 0.2) is 0 Å². The van der Waals surface area contributed by atoms with E-state index in [9.17, 15) is 0 Å². The van der Waals surface area contributed by atoms with Crippen LogP contribution in [0.3, 0.4) is 0 Å². The fourth-order valence-corrected chi connectivity index (χ4v) is 5.74. The molecule has 0 atom stereocenters. The Morgan fingerprint density at radius 3 is 2.14 bits per heavy atom. The molecule has 2 aliphatic rings. The number of hydrogen-bond acceptors (Lipinski definition) is 2. The third-order valence-electron chi connectivity index (χ3n) is 7.84. The van der Waals surface area contributed by atoms with Gasteiger partial charge in [0.05, 0.1) is 12.3 Å². The van der Waals surface area contributed by atoms with Crippen LogP contribution in [0.15, 0.2) is 12.3 Å². The summed E-state index contributed by atoms with van der Waals surface area (Å²) in [4.78, 5) is 4.74. The van der Waals surface area contributed by atoms with E-state index in [1.165, 1.54) is 101 Å². The normalized spacial score (nSPS) is 27.7. The maximum Gasteiger partial charge on any atom is 0.138 e. The first kappa shape index (κ1) is 22.6. The molecule has 29 heavy (non-hydrogen) atoms. The number of rotatable bonds is 10. The van der Waals surface area contributed by atoms with E-state index < -0.39 is 0 Å². The Labute approximate surface area is 180 Å². The zero-order valence-electron chi connectivity index (χ0n) is 19.4. The first-order chi connectivity index (χ1) is 14.2. The predicted molar refractivity (Wildman–Crippen MR) is 124 cm³/mol. The van der Waals surface area contributed by atoms with E-state index in [0.717, 1.165) is 29.9 Å². The lowest BCUT2D eigenvalue weighted by Crippen LogP contribution is -2.29. The number of unbranched alkanes of at least 4 members (excludes halogenated alkanes) is 4. The summed E-state index contributed by atoms with van der Waals surface area (Å²) in [6.07, 6.45) is 22.6. The molecule has 2 fully saturated rings. The molecule has 2 heteroatoms. The van der Waals surface area contributed by atoms with Gasteiger partial charge in [0.1, 0.15) is 5.75 Å². The van der Waals surface area contributed by atoms with Crippen LogP contribution in [0.2, 0.25) is 0 Å². The van der Waals surface area contributed by atoms with Gasteiger partial charge in [-0.25, -0.2) is 0 Å². The average molecular weight is 400 g/mol. The maximum atomic E-state index is 6.36. The molecular formula is C27H45NO.